The van der Waals surface area contributed by atoms with E-state index in [1.807, 2.05) is 18.2 Å². The van der Waals surface area contributed by atoms with Gasteiger partial charge >= 0.3 is 0 Å². The number of piperazine rings is 1. The Balaban J connectivity index is 1.11. The minimum atomic E-state index is -0.191. The Morgan fingerprint density at radius 3 is 2.50 bits per heavy atom. The maximum atomic E-state index is 12.2. The van der Waals surface area contributed by atoms with Gasteiger partial charge in [-0.3, -0.25) is 14.7 Å². The fraction of sp³-hybridized carbons (Fsp3) is 0.240. The Bertz CT molecular complexity index is 1180. The molecule has 162 valence electrons. The number of amides is 1. The number of carbonyl (C=O) groups is 1. The van der Waals surface area contributed by atoms with Crippen LogP contribution in [0.4, 0.5) is 11.5 Å². The Morgan fingerprint density at radius 1 is 0.938 bits per heavy atom. The molecule has 1 aliphatic rings. The van der Waals surface area contributed by atoms with Gasteiger partial charge in [-0.15, -0.1) is 0 Å². The highest BCUT2D eigenvalue weighted by molar-refractivity contribution is 7.13. The standard InChI is InChI=1S/C25H25N5OS/c31-25(22-6-3-4-13-26-22)27-20-10-8-19(9-11-20)12-14-29-15-17-30(18-16-29)24-21-5-1-2-7-23(21)32-28-24/h1-11,13H,12,14-18H2,(H,27,31). The summed E-state index contributed by atoms with van der Waals surface area (Å²) in [4.78, 5) is 21.2. The van der Waals surface area contributed by atoms with Gasteiger partial charge in [0.2, 0.25) is 0 Å². The molecule has 0 radical (unpaired) electrons. The van der Waals surface area contributed by atoms with Crippen molar-refractivity contribution in [1.82, 2.24) is 14.3 Å². The predicted molar refractivity (Wildman–Crippen MR) is 131 cm³/mol. The Kier molecular flexibility index (Phi) is 6.09. The predicted octanol–water partition coefficient (Wildman–Crippen LogP) is 4.31. The van der Waals surface area contributed by atoms with Crippen LogP contribution in [0.15, 0.2) is 72.9 Å². The van der Waals surface area contributed by atoms with E-state index in [-0.39, 0.29) is 5.91 Å². The molecule has 0 bridgehead atoms. The second kappa shape index (κ2) is 9.46. The Morgan fingerprint density at radius 2 is 1.72 bits per heavy atom. The molecule has 32 heavy (non-hydrogen) atoms. The third kappa shape index (κ3) is 4.64. The Hall–Kier alpha value is -3.29. The van der Waals surface area contributed by atoms with Gasteiger partial charge in [-0.2, -0.15) is 4.37 Å². The zero-order valence-electron chi connectivity index (χ0n) is 17.8. The monoisotopic (exact) mass is 443 g/mol. The third-order valence-electron chi connectivity index (χ3n) is 5.86. The quantitative estimate of drug-likeness (QED) is 0.481. The van der Waals surface area contributed by atoms with Crippen LogP contribution < -0.4 is 10.2 Å². The minimum absolute atomic E-state index is 0.191. The van der Waals surface area contributed by atoms with Gasteiger partial charge in [0.15, 0.2) is 0 Å². The van der Waals surface area contributed by atoms with Gasteiger partial charge in [0, 0.05) is 50.0 Å². The molecule has 3 heterocycles. The number of benzene rings is 2. The van der Waals surface area contributed by atoms with Crippen molar-refractivity contribution < 1.29 is 4.79 Å². The summed E-state index contributed by atoms with van der Waals surface area (Å²) in [5.41, 5.74) is 2.48. The maximum Gasteiger partial charge on any atom is 0.274 e. The van der Waals surface area contributed by atoms with Crippen LogP contribution in [0.1, 0.15) is 16.1 Å². The maximum absolute atomic E-state index is 12.2. The zero-order chi connectivity index (χ0) is 21.8. The van der Waals surface area contributed by atoms with Crippen molar-refractivity contribution in [3.8, 4) is 0 Å². The molecule has 1 saturated heterocycles. The summed E-state index contributed by atoms with van der Waals surface area (Å²) >= 11 is 1.58. The lowest BCUT2D eigenvalue weighted by Gasteiger charge is -2.35. The van der Waals surface area contributed by atoms with Crippen LogP contribution in [0.2, 0.25) is 0 Å². The number of anilines is 2. The van der Waals surface area contributed by atoms with Gasteiger partial charge < -0.3 is 10.2 Å². The summed E-state index contributed by atoms with van der Waals surface area (Å²) in [5, 5.41) is 4.16. The first-order chi connectivity index (χ1) is 15.8. The fourth-order valence-electron chi connectivity index (χ4n) is 4.02. The normalized spacial score (nSPS) is 14.6. The molecule has 2 aromatic heterocycles. The molecule has 2 aromatic carbocycles. The van der Waals surface area contributed by atoms with Crippen LogP contribution in [0.5, 0.6) is 0 Å². The van der Waals surface area contributed by atoms with Crippen molar-refractivity contribution in [2.75, 3.05) is 42.9 Å². The molecule has 7 heteroatoms. The molecule has 1 amide bonds. The lowest BCUT2D eigenvalue weighted by molar-refractivity contribution is 0.102. The number of nitrogens with zero attached hydrogens (tertiary/aromatic N) is 4. The van der Waals surface area contributed by atoms with Crippen LogP contribution in [0.25, 0.3) is 10.1 Å². The number of fused-ring (bicyclic) bond motifs is 1. The summed E-state index contributed by atoms with van der Waals surface area (Å²) in [6.07, 6.45) is 2.62. The van der Waals surface area contributed by atoms with Crippen LogP contribution in [0, 0.1) is 0 Å². The van der Waals surface area contributed by atoms with Crippen molar-refractivity contribution >= 4 is 39.0 Å². The molecule has 1 fully saturated rings. The molecule has 4 aromatic rings. The minimum Gasteiger partial charge on any atom is -0.353 e. The van der Waals surface area contributed by atoms with Gasteiger partial charge in [0.1, 0.15) is 11.5 Å². The number of rotatable bonds is 6. The van der Waals surface area contributed by atoms with Crippen LogP contribution >= 0.6 is 11.5 Å². The SMILES string of the molecule is O=C(Nc1ccc(CCN2CCN(c3nsc4ccccc34)CC2)cc1)c1ccccn1. The van der Waals surface area contributed by atoms with Crippen molar-refractivity contribution in [2.45, 2.75) is 6.42 Å². The summed E-state index contributed by atoms with van der Waals surface area (Å²) in [7, 11) is 0. The van der Waals surface area contributed by atoms with E-state index in [0.717, 1.165) is 50.6 Å². The second-order valence-corrected chi connectivity index (χ2v) is 8.75. The number of nitrogens with one attached hydrogen (secondary N) is 1. The summed E-state index contributed by atoms with van der Waals surface area (Å²) < 4.78 is 5.96. The Labute approximate surface area is 191 Å². The second-order valence-electron chi connectivity index (χ2n) is 7.95. The summed E-state index contributed by atoms with van der Waals surface area (Å²) in [6.45, 7) is 5.14. The molecular weight excluding hydrogens is 418 g/mol. The molecule has 0 atom stereocenters. The van der Waals surface area contributed by atoms with Crippen molar-refractivity contribution in [3.05, 3.63) is 84.2 Å². The number of pyridine rings is 1. The highest BCUT2D eigenvalue weighted by Gasteiger charge is 2.20. The molecule has 5 rings (SSSR count). The van der Waals surface area contributed by atoms with E-state index in [4.69, 9.17) is 4.37 Å². The number of hydrogen-bond donors (Lipinski definition) is 1. The molecular formula is C25H25N5OS. The van der Waals surface area contributed by atoms with E-state index in [2.05, 4.69) is 56.5 Å². The lowest BCUT2D eigenvalue weighted by atomic mass is 10.1. The molecule has 0 unspecified atom stereocenters. The average Bonchev–Trinajstić information content (AvgIpc) is 3.29. The molecule has 0 saturated carbocycles. The molecule has 0 aliphatic carbocycles. The van der Waals surface area contributed by atoms with Crippen LogP contribution in [0.3, 0.4) is 0 Å². The number of hydrogen-bond acceptors (Lipinski definition) is 6. The molecule has 0 spiro atoms. The van der Waals surface area contributed by atoms with E-state index in [0.29, 0.717) is 5.69 Å². The van der Waals surface area contributed by atoms with Crippen LogP contribution in [-0.2, 0) is 6.42 Å². The summed E-state index contributed by atoms with van der Waals surface area (Å²) in [6, 6.07) is 21.9. The highest BCUT2D eigenvalue weighted by Crippen LogP contribution is 2.29. The third-order valence-corrected chi connectivity index (χ3v) is 6.67. The van der Waals surface area contributed by atoms with Crippen LogP contribution in [-0.4, -0.2) is 52.9 Å². The largest absolute Gasteiger partial charge is 0.353 e. The molecule has 1 N–H and O–H groups in total. The van der Waals surface area contributed by atoms with E-state index in [1.165, 1.54) is 15.6 Å². The van der Waals surface area contributed by atoms with E-state index >= 15 is 0 Å². The smallest absolute Gasteiger partial charge is 0.274 e. The van der Waals surface area contributed by atoms with Crippen molar-refractivity contribution in [2.24, 2.45) is 0 Å². The van der Waals surface area contributed by atoms with Gasteiger partial charge in [-0.05, 0) is 59.9 Å². The fourth-order valence-corrected chi connectivity index (χ4v) is 4.81. The first-order valence-corrected chi connectivity index (χ1v) is 11.7. The van der Waals surface area contributed by atoms with E-state index in [9.17, 15) is 4.79 Å². The number of aromatic nitrogens is 2. The van der Waals surface area contributed by atoms with Gasteiger partial charge in [-0.1, -0.05) is 30.3 Å². The zero-order valence-corrected chi connectivity index (χ0v) is 18.6. The molecule has 6 nitrogen and oxygen atoms in total. The first kappa shape index (κ1) is 20.6. The number of carbonyl (C=O) groups excluding carboxylic acids is 1. The highest BCUT2D eigenvalue weighted by atomic mass is 32.1. The van der Waals surface area contributed by atoms with Crippen molar-refractivity contribution in [3.63, 3.8) is 0 Å². The van der Waals surface area contributed by atoms with Gasteiger partial charge in [-0.25, -0.2) is 0 Å². The van der Waals surface area contributed by atoms with E-state index < -0.39 is 0 Å². The lowest BCUT2D eigenvalue weighted by Crippen LogP contribution is -2.47. The summed E-state index contributed by atoms with van der Waals surface area (Å²) in [5.74, 6) is 0.942. The van der Waals surface area contributed by atoms with Gasteiger partial charge in [0.25, 0.3) is 5.91 Å². The first-order valence-electron chi connectivity index (χ1n) is 10.9. The average molecular weight is 444 g/mol. The van der Waals surface area contributed by atoms with E-state index in [1.54, 1.807) is 29.9 Å². The van der Waals surface area contributed by atoms with Gasteiger partial charge in [0.05, 0.1) is 4.70 Å². The topological polar surface area (TPSA) is 61.4 Å². The molecule has 1 aliphatic heterocycles. The van der Waals surface area contributed by atoms with Crippen molar-refractivity contribution in [1.29, 1.82) is 0 Å².